The van der Waals surface area contributed by atoms with Gasteiger partial charge in [0, 0.05) is 18.3 Å². The van der Waals surface area contributed by atoms with E-state index in [4.69, 9.17) is 4.74 Å². The summed E-state index contributed by atoms with van der Waals surface area (Å²) in [6.07, 6.45) is 2.41. The second-order valence-electron chi connectivity index (χ2n) is 6.52. The number of benzene rings is 1. The van der Waals surface area contributed by atoms with Crippen LogP contribution in [0, 0.1) is 12.8 Å². The standard InChI is InChI=1S/C20H24N2O2/c1-14-5-4-6-19(21-14)20(23)22(15(2)17-9-10-17)13-16-7-11-18(24-3)12-8-16/h4-8,11-12,15,17H,9-10,13H2,1-3H3. The van der Waals surface area contributed by atoms with Crippen LogP contribution in [-0.4, -0.2) is 28.9 Å². The Kier molecular flexibility index (Phi) is 4.84. The molecule has 1 atom stereocenters. The highest BCUT2D eigenvalue weighted by molar-refractivity contribution is 5.92. The number of amides is 1. The van der Waals surface area contributed by atoms with Crippen LogP contribution in [0.15, 0.2) is 42.5 Å². The van der Waals surface area contributed by atoms with Crippen LogP contribution in [0.3, 0.4) is 0 Å². The predicted octanol–water partition coefficient (Wildman–Crippen LogP) is 3.84. The number of nitrogens with zero attached hydrogens (tertiary/aromatic N) is 2. The van der Waals surface area contributed by atoms with Gasteiger partial charge in [-0.15, -0.1) is 0 Å². The zero-order chi connectivity index (χ0) is 17.1. The fraction of sp³-hybridized carbons (Fsp3) is 0.400. The highest BCUT2D eigenvalue weighted by Crippen LogP contribution is 2.36. The SMILES string of the molecule is COc1ccc(CN(C(=O)c2cccc(C)n2)C(C)C2CC2)cc1. The Labute approximate surface area is 143 Å². The van der Waals surface area contributed by atoms with Gasteiger partial charge in [-0.2, -0.15) is 0 Å². The lowest BCUT2D eigenvalue weighted by atomic mass is 10.1. The van der Waals surface area contributed by atoms with E-state index in [2.05, 4.69) is 11.9 Å². The number of aryl methyl sites for hydroxylation is 1. The summed E-state index contributed by atoms with van der Waals surface area (Å²) in [6, 6.07) is 13.7. The summed E-state index contributed by atoms with van der Waals surface area (Å²) < 4.78 is 5.21. The molecule has 1 aliphatic rings. The maximum absolute atomic E-state index is 13.0. The minimum absolute atomic E-state index is 0.00826. The molecule has 24 heavy (non-hydrogen) atoms. The normalized spacial score (nSPS) is 15.0. The van der Waals surface area contributed by atoms with Crippen molar-refractivity contribution in [3.63, 3.8) is 0 Å². The minimum atomic E-state index is 0.00826. The molecule has 126 valence electrons. The van der Waals surface area contributed by atoms with Crippen LogP contribution in [0.5, 0.6) is 5.75 Å². The molecule has 1 aliphatic carbocycles. The molecule has 0 saturated heterocycles. The molecule has 0 bridgehead atoms. The Morgan fingerprint density at radius 2 is 1.96 bits per heavy atom. The highest BCUT2D eigenvalue weighted by atomic mass is 16.5. The summed E-state index contributed by atoms with van der Waals surface area (Å²) in [4.78, 5) is 19.4. The summed E-state index contributed by atoms with van der Waals surface area (Å²) in [7, 11) is 1.66. The highest BCUT2D eigenvalue weighted by Gasteiger charge is 2.35. The van der Waals surface area contributed by atoms with Crippen molar-refractivity contribution in [2.45, 2.75) is 39.3 Å². The number of ether oxygens (including phenoxy) is 1. The van der Waals surface area contributed by atoms with Gasteiger partial charge < -0.3 is 9.64 Å². The molecule has 0 spiro atoms. The number of carbonyl (C=O) groups is 1. The van der Waals surface area contributed by atoms with E-state index in [1.54, 1.807) is 13.2 Å². The molecule has 1 aromatic carbocycles. The lowest BCUT2D eigenvalue weighted by Crippen LogP contribution is -2.39. The van der Waals surface area contributed by atoms with Gasteiger partial charge in [-0.3, -0.25) is 4.79 Å². The van der Waals surface area contributed by atoms with Crippen LogP contribution in [0.1, 0.15) is 41.5 Å². The van der Waals surface area contributed by atoms with Crippen LogP contribution in [0.2, 0.25) is 0 Å². The molecule has 0 N–H and O–H groups in total. The zero-order valence-electron chi connectivity index (χ0n) is 14.5. The molecule has 0 aliphatic heterocycles. The average molecular weight is 324 g/mol. The first-order valence-corrected chi connectivity index (χ1v) is 8.46. The molecule has 4 nitrogen and oxygen atoms in total. The third-order valence-corrected chi connectivity index (χ3v) is 4.68. The Balaban J connectivity index is 1.83. The molecule has 2 aromatic rings. The summed E-state index contributed by atoms with van der Waals surface area (Å²) >= 11 is 0. The number of carbonyl (C=O) groups excluding carboxylic acids is 1. The maximum atomic E-state index is 13.0. The van der Waals surface area contributed by atoms with Crippen molar-refractivity contribution in [3.05, 3.63) is 59.4 Å². The van der Waals surface area contributed by atoms with Gasteiger partial charge in [0.1, 0.15) is 11.4 Å². The first kappa shape index (κ1) is 16.5. The number of aromatic nitrogens is 1. The van der Waals surface area contributed by atoms with Crippen LogP contribution in [0.4, 0.5) is 0 Å². The van der Waals surface area contributed by atoms with Gasteiger partial charge in [0.05, 0.1) is 7.11 Å². The van der Waals surface area contributed by atoms with Crippen molar-refractivity contribution >= 4 is 5.91 Å². The number of hydrogen-bond donors (Lipinski definition) is 0. The quantitative estimate of drug-likeness (QED) is 0.811. The lowest BCUT2D eigenvalue weighted by Gasteiger charge is -2.29. The molecule has 1 fully saturated rings. The second-order valence-corrected chi connectivity index (χ2v) is 6.52. The third kappa shape index (κ3) is 3.75. The third-order valence-electron chi connectivity index (χ3n) is 4.68. The molecule has 1 saturated carbocycles. The number of methoxy groups -OCH3 is 1. The van der Waals surface area contributed by atoms with Crippen molar-refractivity contribution in [3.8, 4) is 5.75 Å². The fourth-order valence-electron chi connectivity index (χ4n) is 2.97. The van der Waals surface area contributed by atoms with Crippen molar-refractivity contribution in [2.75, 3.05) is 7.11 Å². The molecule has 1 amide bonds. The van der Waals surface area contributed by atoms with Crippen molar-refractivity contribution < 1.29 is 9.53 Å². The summed E-state index contributed by atoms with van der Waals surface area (Å²) in [5.41, 5.74) is 2.49. The van der Waals surface area contributed by atoms with Crippen LogP contribution < -0.4 is 4.74 Å². The minimum Gasteiger partial charge on any atom is -0.497 e. The van der Waals surface area contributed by atoms with Gasteiger partial charge in [-0.05, 0) is 62.4 Å². The summed E-state index contributed by atoms with van der Waals surface area (Å²) in [5.74, 6) is 1.44. The molecular formula is C20H24N2O2. The zero-order valence-corrected chi connectivity index (χ0v) is 14.5. The van der Waals surface area contributed by atoms with E-state index in [-0.39, 0.29) is 11.9 Å². The fourth-order valence-corrected chi connectivity index (χ4v) is 2.97. The molecule has 1 aromatic heterocycles. The van der Waals surface area contributed by atoms with Crippen LogP contribution >= 0.6 is 0 Å². The molecule has 3 rings (SSSR count). The summed E-state index contributed by atoms with van der Waals surface area (Å²) in [5, 5.41) is 0. The number of pyridine rings is 1. The topological polar surface area (TPSA) is 42.4 Å². The summed E-state index contributed by atoms with van der Waals surface area (Å²) in [6.45, 7) is 4.65. The first-order chi connectivity index (χ1) is 11.6. The Morgan fingerprint density at radius 1 is 1.25 bits per heavy atom. The van der Waals surface area contributed by atoms with Crippen molar-refractivity contribution in [1.29, 1.82) is 0 Å². The van der Waals surface area contributed by atoms with Gasteiger partial charge in [0.15, 0.2) is 0 Å². The van der Waals surface area contributed by atoms with E-state index < -0.39 is 0 Å². The smallest absolute Gasteiger partial charge is 0.273 e. The van der Waals surface area contributed by atoms with E-state index in [1.165, 1.54) is 12.8 Å². The van der Waals surface area contributed by atoms with E-state index in [9.17, 15) is 4.79 Å². The van der Waals surface area contributed by atoms with E-state index >= 15 is 0 Å². The molecule has 1 unspecified atom stereocenters. The van der Waals surface area contributed by atoms with Crippen molar-refractivity contribution in [2.24, 2.45) is 5.92 Å². The van der Waals surface area contributed by atoms with E-state index in [0.717, 1.165) is 17.0 Å². The van der Waals surface area contributed by atoms with Gasteiger partial charge in [-0.1, -0.05) is 18.2 Å². The lowest BCUT2D eigenvalue weighted by molar-refractivity contribution is 0.0648. The number of rotatable bonds is 6. The van der Waals surface area contributed by atoms with E-state index in [0.29, 0.717) is 18.2 Å². The van der Waals surface area contributed by atoms with Gasteiger partial charge >= 0.3 is 0 Å². The average Bonchev–Trinajstić information content (AvgIpc) is 3.44. The largest absolute Gasteiger partial charge is 0.497 e. The maximum Gasteiger partial charge on any atom is 0.273 e. The number of hydrogen-bond acceptors (Lipinski definition) is 3. The van der Waals surface area contributed by atoms with Gasteiger partial charge in [0.25, 0.3) is 5.91 Å². The molecule has 1 heterocycles. The first-order valence-electron chi connectivity index (χ1n) is 8.46. The molecule has 4 heteroatoms. The van der Waals surface area contributed by atoms with Crippen LogP contribution in [-0.2, 0) is 6.54 Å². The van der Waals surface area contributed by atoms with Crippen molar-refractivity contribution in [1.82, 2.24) is 9.88 Å². The molecule has 0 radical (unpaired) electrons. The van der Waals surface area contributed by atoms with Crippen LogP contribution in [0.25, 0.3) is 0 Å². The molecular weight excluding hydrogens is 300 g/mol. The van der Waals surface area contributed by atoms with E-state index in [1.807, 2.05) is 48.2 Å². The Bertz CT molecular complexity index is 708. The Morgan fingerprint density at radius 3 is 2.54 bits per heavy atom. The monoisotopic (exact) mass is 324 g/mol. The second kappa shape index (κ2) is 7.04. The van der Waals surface area contributed by atoms with Gasteiger partial charge in [0.2, 0.25) is 0 Å². The van der Waals surface area contributed by atoms with Gasteiger partial charge in [-0.25, -0.2) is 4.98 Å². The predicted molar refractivity (Wildman–Crippen MR) is 94.0 cm³/mol. The Hall–Kier alpha value is -2.36.